The molecule has 0 aromatic heterocycles. The number of hydrogen-bond acceptors (Lipinski definition) is 3. The monoisotopic (exact) mass is 228 g/mol. The summed E-state index contributed by atoms with van der Waals surface area (Å²) in [5, 5.41) is 3.01. The molecule has 0 aromatic rings. The quantitative estimate of drug-likeness (QED) is 0.717. The summed E-state index contributed by atoms with van der Waals surface area (Å²) in [5.74, 6) is -0.00444. The third kappa shape index (κ3) is 4.10. The fourth-order valence-corrected chi connectivity index (χ4v) is 2.15. The van der Waals surface area contributed by atoms with Gasteiger partial charge in [-0.2, -0.15) is 0 Å². The summed E-state index contributed by atoms with van der Waals surface area (Å²) in [6.07, 6.45) is 6.13. The summed E-state index contributed by atoms with van der Waals surface area (Å²) in [6, 6.07) is -0.0910. The molecule has 0 spiro atoms. The highest BCUT2D eigenvalue weighted by molar-refractivity contribution is 5.81. The largest absolute Gasteiger partial charge is 0.381 e. The fraction of sp³-hybridized carbons (Fsp3) is 0.917. The van der Waals surface area contributed by atoms with Crippen molar-refractivity contribution in [1.82, 2.24) is 5.32 Å². The van der Waals surface area contributed by atoms with Crippen LogP contribution < -0.4 is 11.1 Å². The van der Waals surface area contributed by atoms with E-state index in [1.54, 1.807) is 7.11 Å². The van der Waals surface area contributed by atoms with E-state index in [0.717, 1.165) is 38.5 Å². The van der Waals surface area contributed by atoms with E-state index in [1.165, 1.54) is 0 Å². The van der Waals surface area contributed by atoms with Gasteiger partial charge in [0.05, 0.1) is 12.1 Å². The Bertz CT molecular complexity index is 221. The van der Waals surface area contributed by atoms with Crippen LogP contribution in [-0.2, 0) is 9.53 Å². The number of ether oxygens (including phenoxy) is 1. The molecule has 3 atom stereocenters. The summed E-state index contributed by atoms with van der Waals surface area (Å²) in [4.78, 5) is 11.7. The lowest BCUT2D eigenvalue weighted by molar-refractivity contribution is -0.123. The van der Waals surface area contributed by atoms with Gasteiger partial charge >= 0.3 is 0 Å². The average Bonchev–Trinajstić information content (AvgIpc) is 2.73. The van der Waals surface area contributed by atoms with Crippen molar-refractivity contribution < 1.29 is 9.53 Å². The molecule has 1 aliphatic rings. The van der Waals surface area contributed by atoms with Gasteiger partial charge in [-0.25, -0.2) is 0 Å². The Kier molecular flexibility index (Phi) is 5.77. The minimum atomic E-state index is -0.346. The van der Waals surface area contributed by atoms with Crippen molar-refractivity contribution >= 4 is 5.91 Å². The van der Waals surface area contributed by atoms with Crippen LogP contribution in [0.3, 0.4) is 0 Å². The zero-order chi connectivity index (χ0) is 12.0. The van der Waals surface area contributed by atoms with Crippen molar-refractivity contribution in [3.63, 3.8) is 0 Å². The van der Waals surface area contributed by atoms with Crippen LogP contribution in [-0.4, -0.2) is 31.2 Å². The van der Waals surface area contributed by atoms with Crippen molar-refractivity contribution in [2.75, 3.05) is 7.11 Å². The topological polar surface area (TPSA) is 64.4 Å². The van der Waals surface area contributed by atoms with Crippen molar-refractivity contribution in [2.45, 2.75) is 63.6 Å². The molecule has 1 aliphatic carbocycles. The molecule has 1 rings (SSSR count). The summed E-state index contributed by atoms with van der Waals surface area (Å²) in [7, 11) is 1.72. The Morgan fingerprint density at radius 1 is 1.56 bits per heavy atom. The molecular weight excluding hydrogens is 204 g/mol. The first-order valence-corrected chi connectivity index (χ1v) is 6.26. The molecule has 1 amide bonds. The molecule has 0 aliphatic heterocycles. The van der Waals surface area contributed by atoms with Gasteiger partial charge in [-0.05, 0) is 25.7 Å². The van der Waals surface area contributed by atoms with Crippen LogP contribution in [0.1, 0.15) is 45.4 Å². The van der Waals surface area contributed by atoms with E-state index in [9.17, 15) is 4.79 Å². The molecule has 0 bridgehead atoms. The van der Waals surface area contributed by atoms with E-state index in [4.69, 9.17) is 10.5 Å². The predicted molar refractivity (Wildman–Crippen MR) is 64.1 cm³/mol. The number of carbonyl (C=O) groups excluding carboxylic acids is 1. The molecule has 94 valence electrons. The number of amides is 1. The van der Waals surface area contributed by atoms with E-state index in [-0.39, 0.29) is 18.0 Å². The molecule has 0 saturated heterocycles. The van der Waals surface area contributed by atoms with E-state index in [1.807, 2.05) is 0 Å². The first-order valence-electron chi connectivity index (χ1n) is 6.26. The molecule has 3 N–H and O–H groups in total. The van der Waals surface area contributed by atoms with Crippen LogP contribution in [0, 0.1) is 0 Å². The SMILES string of the molecule is CCCCC(N)C(=O)NC1CCC(OC)C1. The van der Waals surface area contributed by atoms with Gasteiger partial charge in [0.25, 0.3) is 0 Å². The van der Waals surface area contributed by atoms with Crippen LogP contribution in [0.4, 0.5) is 0 Å². The number of carbonyl (C=O) groups is 1. The molecule has 4 heteroatoms. The standard InChI is InChI=1S/C12H24N2O2/c1-3-4-5-11(13)12(15)14-9-6-7-10(8-9)16-2/h9-11H,3-8,13H2,1-2H3,(H,14,15). The van der Waals surface area contributed by atoms with Crippen LogP contribution in [0.5, 0.6) is 0 Å². The van der Waals surface area contributed by atoms with Crippen molar-refractivity contribution in [2.24, 2.45) is 5.73 Å². The third-order valence-corrected chi connectivity index (χ3v) is 3.27. The smallest absolute Gasteiger partial charge is 0.237 e. The maximum Gasteiger partial charge on any atom is 0.237 e. The highest BCUT2D eigenvalue weighted by atomic mass is 16.5. The van der Waals surface area contributed by atoms with Gasteiger partial charge in [-0.3, -0.25) is 4.79 Å². The lowest BCUT2D eigenvalue weighted by Crippen LogP contribution is -2.44. The number of methoxy groups -OCH3 is 1. The fourth-order valence-electron chi connectivity index (χ4n) is 2.15. The van der Waals surface area contributed by atoms with Crippen LogP contribution in [0.2, 0.25) is 0 Å². The van der Waals surface area contributed by atoms with Gasteiger partial charge in [-0.1, -0.05) is 19.8 Å². The molecule has 16 heavy (non-hydrogen) atoms. The molecule has 4 nitrogen and oxygen atoms in total. The van der Waals surface area contributed by atoms with E-state index in [0.29, 0.717) is 6.10 Å². The molecule has 1 saturated carbocycles. The Morgan fingerprint density at radius 2 is 2.31 bits per heavy atom. The van der Waals surface area contributed by atoms with E-state index in [2.05, 4.69) is 12.2 Å². The number of hydrogen-bond donors (Lipinski definition) is 2. The maximum atomic E-state index is 11.7. The second kappa shape index (κ2) is 6.86. The third-order valence-electron chi connectivity index (χ3n) is 3.27. The maximum absolute atomic E-state index is 11.7. The average molecular weight is 228 g/mol. The zero-order valence-corrected chi connectivity index (χ0v) is 10.4. The first kappa shape index (κ1) is 13.5. The van der Waals surface area contributed by atoms with Gasteiger partial charge in [0.2, 0.25) is 5.91 Å². The predicted octanol–water partition coefficient (Wildman–Crippen LogP) is 1.19. The van der Waals surface area contributed by atoms with Crippen molar-refractivity contribution in [1.29, 1.82) is 0 Å². The van der Waals surface area contributed by atoms with Gasteiger partial charge in [0.15, 0.2) is 0 Å². The van der Waals surface area contributed by atoms with E-state index >= 15 is 0 Å². The molecular formula is C12H24N2O2. The number of nitrogens with one attached hydrogen (secondary N) is 1. The second-order valence-corrected chi connectivity index (χ2v) is 4.62. The van der Waals surface area contributed by atoms with Gasteiger partial charge in [0, 0.05) is 13.2 Å². The van der Waals surface area contributed by atoms with Crippen molar-refractivity contribution in [3.05, 3.63) is 0 Å². The Balaban J connectivity index is 2.23. The van der Waals surface area contributed by atoms with Crippen LogP contribution in [0.15, 0.2) is 0 Å². The zero-order valence-electron chi connectivity index (χ0n) is 10.4. The van der Waals surface area contributed by atoms with Gasteiger partial charge in [-0.15, -0.1) is 0 Å². The van der Waals surface area contributed by atoms with Crippen LogP contribution in [0.25, 0.3) is 0 Å². The second-order valence-electron chi connectivity index (χ2n) is 4.62. The first-order chi connectivity index (χ1) is 7.67. The lowest BCUT2D eigenvalue weighted by Gasteiger charge is -2.16. The molecule has 3 unspecified atom stereocenters. The molecule has 1 fully saturated rings. The summed E-state index contributed by atoms with van der Waals surface area (Å²) in [5.41, 5.74) is 5.81. The Morgan fingerprint density at radius 3 is 2.88 bits per heavy atom. The highest BCUT2D eigenvalue weighted by Gasteiger charge is 2.26. The minimum Gasteiger partial charge on any atom is -0.381 e. The summed E-state index contributed by atoms with van der Waals surface area (Å²) < 4.78 is 5.27. The normalized spacial score (nSPS) is 26.7. The van der Waals surface area contributed by atoms with Gasteiger partial charge in [0.1, 0.15) is 0 Å². The number of nitrogens with two attached hydrogens (primary N) is 1. The minimum absolute atomic E-state index is 0.00444. The summed E-state index contributed by atoms with van der Waals surface area (Å²) >= 11 is 0. The molecule has 0 aromatic carbocycles. The number of rotatable bonds is 6. The lowest BCUT2D eigenvalue weighted by atomic mass is 10.1. The Labute approximate surface area is 97.9 Å². The summed E-state index contributed by atoms with van der Waals surface area (Å²) in [6.45, 7) is 2.10. The molecule has 0 radical (unpaired) electrons. The van der Waals surface area contributed by atoms with Crippen LogP contribution >= 0.6 is 0 Å². The Hall–Kier alpha value is -0.610. The van der Waals surface area contributed by atoms with E-state index < -0.39 is 0 Å². The highest BCUT2D eigenvalue weighted by Crippen LogP contribution is 2.21. The molecule has 0 heterocycles. The van der Waals surface area contributed by atoms with Gasteiger partial charge < -0.3 is 15.8 Å². The number of unbranched alkanes of at least 4 members (excludes halogenated alkanes) is 1. The van der Waals surface area contributed by atoms with Crippen molar-refractivity contribution in [3.8, 4) is 0 Å².